The SMILES string of the molecule is C[C@@H]1[C@H](NC(=O)c2ccc(-c3ccc(NS(C)(=O)=O)cc3)o2)C2CCN1CC2. The molecule has 2 bridgehead atoms. The number of fused-ring (bicyclic) bond motifs is 3. The maximum absolute atomic E-state index is 12.7. The first kappa shape index (κ1) is 19.0. The molecule has 0 saturated carbocycles. The van der Waals surface area contributed by atoms with Crippen LogP contribution in [-0.4, -0.2) is 50.7 Å². The van der Waals surface area contributed by atoms with Crippen molar-refractivity contribution in [3.63, 3.8) is 0 Å². The van der Waals surface area contributed by atoms with E-state index < -0.39 is 10.0 Å². The molecule has 7 nitrogen and oxygen atoms in total. The smallest absolute Gasteiger partial charge is 0.287 e. The van der Waals surface area contributed by atoms with E-state index in [1.807, 2.05) is 0 Å². The van der Waals surface area contributed by atoms with Crippen LogP contribution in [0.25, 0.3) is 11.3 Å². The first-order chi connectivity index (χ1) is 13.3. The summed E-state index contributed by atoms with van der Waals surface area (Å²) in [4.78, 5) is 15.1. The monoisotopic (exact) mass is 403 g/mol. The van der Waals surface area contributed by atoms with Crippen LogP contribution in [0.4, 0.5) is 5.69 Å². The Bertz CT molecular complexity index is 958. The van der Waals surface area contributed by atoms with Crippen molar-refractivity contribution in [1.29, 1.82) is 0 Å². The van der Waals surface area contributed by atoms with Gasteiger partial charge in [0.2, 0.25) is 10.0 Å². The van der Waals surface area contributed by atoms with Gasteiger partial charge in [-0.05, 0) is 75.2 Å². The minimum Gasteiger partial charge on any atom is -0.451 e. The number of hydrogen-bond acceptors (Lipinski definition) is 5. The number of sulfonamides is 1. The number of nitrogens with one attached hydrogen (secondary N) is 2. The Balaban J connectivity index is 1.44. The third-order valence-electron chi connectivity index (χ3n) is 5.78. The Kier molecular flexibility index (Phi) is 4.93. The predicted octanol–water partition coefficient (Wildman–Crippen LogP) is 2.53. The molecule has 2 atom stereocenters. The number of hydrogen-bond donors (Lipinski definition) is 2. The van der Waals surface area contributed by atoms with Crippen LogP contribution in [0.15, 0.2) is 40.8 Å². The summed E-state index contributed by atoms with van der Waals surface area (Å²) in [6.07, 6.45) is 3.37. The lowest BCUT2D eigenvalue weighted by molar-refractivity contribution is 0.0211. The van der Waals surface area contributed by atoms with Crippen LogP contribution in [0.1, 0.15) is 30.3 Å². The fraction of sp³-hybridized carbons (Fsp3) is 0.450. The van der Waals surface area contributed by atoms with E-state index >= 15 is 0 Å². The minimum atomic E-state index is -3.31. The van der Waals surface area contributed by atoms with E-state index in [0.29, 0.717) is 23.4 Å². The van der Waals surface area contributed by atoms with Crippen LogP contribution in [0.2, 0.25) is 0 Å². The molecule has 0 radical (unpaired) electrons. The number of piperidine rings is 3. The molecule has 0 spiro atoms. The van der Waals surface area contributed by atoms with Gasteiger partial charge in [0.25, 0.3) is 5.91 Å². The summed E-state index contributed by atoms with van der Waals surface area (Å²) in [7, 11) is -3.31. The van der Waals surface area contributed by atoms with Crippen molar-refractivity contribution < 1.29 is 17.6 Å². The normalized spacial score (nSPS) is 26.8. The number of carbonyl (C=O) groups excluding carboxylic acids is 1. The van der Waals surface area contributed by atoms with Crippen molar-refractivity contribution in [2.75, 3.05) is 24.1 Å². The number of carbonyl (C=O) groups is 1. The molecule has 3 aliphatic heterocycles. The zero-order valence-electron chi connectivity index (χ0n) is 16.0. The van der Waals surface area contributed by atoms with Crippen LogP contribution in [-0.2, 0) is 10.0 Å². The van der Waals surface area contributed by atoms with Crippen molar-refractivity contribution in [2.24, 2.45) is 5.92 Å². The molecule has 1 amide bonds. The second kappa shape index (κ2) is 7.25. The molecule has 1 aromatic heterocycles. The molecule has 2 aromatic rings. The molecule has 5 rings (SSSR count). The van der Waals surface area contributed by atoms with E-state index in [1.165, 1.54) is 0 Å². The van der Waals surface area contributed by atoms with E-state index in [-0.39, 0.29) is 17.7 Å². The fourth-order valence-corrected chi connectivity index (χ4v) is 4.86. The first-order valence-corrected chi connectivity index (χ1v) is 11.4. The van der Waals surface area contributed by atoms with E-state index in [0.717, 1.165) is 37.8 Å². The average molecular weight is 404 g/mol. The molecule has 0 unspecified atom stereocenters. The lowest BCUT2D eigenvalue weighted by atomic mass is 9.79. The van der Waals surface area contributed by atoms with Gasteiger partial charge in [-0.2, -0.15) is 0 Å². The quantitative estimate of drug-likeness (QED) is 0.800. The molecular formula is C20H25N3O4S. The van der Waals surface area contributed by atoms with Gasteiger partial charge in [0.15, 0.2) is 5.76 Å². The van der Waals surface area contributed by atoms with Gasteiger partial charge in [-0.25, -0.2) is 8.42 Å². The van der Waals surface area contributed by atoms with Crippen LogP contribution in [0.3, 0.4) is 0 Å². The number of rotatable bonds is 5. The Morgan fingerprint density at radius 2 is 1.79 bits per heavy atom. The van der Waals surface area contributed by atoms with Crippen molar-refractivity contribution in [2.45, 2.75) is 31.8 Å². The molecule has 28 heavy (non-hydrogen) atoms. The van der Waals surface area contributed by atoms with Crippen molar-refractivity contribution in [1.82, 2.24) is 10.2 Å². The molecule has 0 aliphatic carbocycles. The Hall–Kier alpha value is -2.32. The minimum absolute atomic E-state index is 0.157. The van der Waals surface area contributed by atoms with Gasteiger partial charge < -0.3 is 9.73 Å². The van der Waals surface area contributed by atoms with E-state index in [9.17, 15) is 13.2 Å². The molecule has 3 fully saturated rings. The Labute approximate surface area is 165 Å². The van der Waals surface area contributed by atoms with Gasteiger partial charge in [-0.3, -0.25) is 14.4 Å². The number of amides is 1. The lowest BCUT2D eigenvalue weighted by Crippen LogP contribution is -2.62. The molecule has 2 N–H and O–H groups in total. The molecule has 3 saturated heterocycles. The lowest BCUT2D eigenvalue weighted by Gasteiger charge is -2.49. The largest absolute Gasteiger partial charge is 0.451 e. The summed E-state index contributed by atoms with van der Waals surface area (Å²) in [5, 5.41) is 3.16. The number of benzene rings is 1. The second-order valence-electron chi connectivity index (χ2n) is 7.73. The third kappa shape index (κ3) is 3.93. The first-order valence-electron chi connectivity index (χ1n) is 9.53. The van der Waals surface area contributed by atoms with Gasteiger partial charge in [0.1, 0.15) is 5.76 Å². The third-order valence-corrected chi connectivity index (χ3v) is 6.38. The maximum atomic E-state index is 12.7. The highest BCUT2D eigenvalue weighted by Crippen LogP contribution is 2.32. The average Bonchev–Trinajstić information content (AvgIpc) is 3.14. The standard InChI is InChI=1S/C20H25N3O4S/c1-13-19(15-9-11-23(13)12-10-15)21-20(24)18-8-7-17(27-18)14-3-5-16(6-4-14)22-28(2,25)26/h3-8,13,15,19,22H,9-12H2,1-2H3,(H,21,24)/t13-,19+/m1/s1. The highest BCUT2D eigenvalue weighted by atomic mass is 32.2. The van der Waals surface area contributed by atoms with Crippen molar-refractivity contribution in [3.8, 4) is 11.3 Å². The highest BCUT2D eigenvalue weighted by Gasteiger charge is 2.40. The van der Waals surface area contributed by atoms with Crippen LogP contribution >= 0.6 is 0 Å². The zero-order chi connectivity index (χ0) is 19.9. The topological polar surface area (TPSA) is 91.7 Å². The van der Waals surface area contributed by atoms with Crippen molar-refractivity contribution >= 4 is 21.6 Å². The molecule has 4 heterocycles. The summed E-state index contributed by atoms with van der Waals surface area (Å²) in [5.74, 6) is 1.20. The van der Waals surface area contributed by atoms with E-state index in [2.05, 4.69) is 21.9 Å². The second-order valence-corrected chi connectivity index (χ2v) is 9.48. The summed E-state index contributed by atoms with van der Waals surface area (Å²) in [5.41, 5.74) is 1.25. The van der Waals surface area contributed by atoms with Gasteiger partial charge in [0.05, 0.1) is 6.26 Å². The molecular weight excluding hydrogens is 378 g/mol. The van der Waals surface area contributed by atoms with Gasteiger partial charge in [-0.1, -0.05) is 0 Å². The number of anilines is 1. The van der Waals surface area contributed by atoms with Gasteiger partial charge in [-0.15, -0.1) is 0 Å². The number of furan rings is 1. The highest BCUT2D eigenvalue weighted by molar-refractivity contribution is 7.92. The zero-order valence-corrected chi connectivity index (χ0v) is 16.8. The Morgan fingerprint density at radius 3 is 2.39 bits per heavy atom. The van der Waals surface area contributed by atoms with E-state index in [4.69, 9.17) is 4.42 Å². The van der Waals surface area contributed by atoms with Crippen LogP contribution < -0.4 is 10.0 Å². The van der Waals surface area contributed by atoms with Crippen LogP contribution in [0.5, 0.6) is 0 Å². The molecule has 150 valence electrons. The summed E-state index contributed by atoms with van der Waals surface area (Å²) in [6.45, 7) is 4.41. The van der Waals surface area contributed by atoms with Crippen molar-refractivity contribution in [3.05, 3.63) is 42.2 Å². The summed E-state index contributed by atoms with van der Waals surface area (Å²) < 4.78 is 30.8. The maximum Gasteiger partial charge on any atom is 0.287 e. The summed E-state index contributed by atoms with van der Waals surface area (Å²) in [6, 6.07) is 10.8. The molecule has 1 aromatic carbocycles. The summed E-state index contributed by atoms with van der Waals surface area (Å²) >= 11 is 0. The van der Waals surface area contributed by atoms with Gasteiger partial charge >= 0.3 is 0 Å². The van der Waals surface area contributed by atoms with Crippen LogP contribution in [0, 0.1) is 5.92 Å². The van der Waals surface area contributed by atoms with E-state index in [1.54, 1.807) is 36.4 Å². The molecule has 8 heteroatoms. The predicted molar refractivity (Wildman–Crippen MR) is 108 cm³/mol. The Morgan fingerprint density at radius 1 is 1.11 bits per heavy atom. The van der Waals surface area contributed by atoms with Gasteiger partial charge in [0, 0.05) is 23.3 Å². The fourth-order valence-electron chi connectivity index (χ4n) is 4.30. The molecule has 3 aliphatic rings. The number of nitrogens with zero attached hydrogens (tertiary/aromatic N) is 1.